The van der Waals surface area contributed by atoms with E-state index in [4.69, 9.17) is 5.73 Å². The van der Waals surface area contributed by atoms with E-state index in [0.29, 0.717) is 0 Å². The maximum absolute atomic E-state index is 5.53. The summed E-state index contributed by atoms with van der Waals surface area (Å²) in [6, 6.07) is 0. The third-order valence-corrected chi connectivity index (χ3v) is 3.92. The normalized spacial score (nSPS) is 12.9. The molecule has 0 saturated carbocycles. The van der Waals surface area contributed by atoms with Crippen molar-refractivity contribution >= 4 is 11.3 Å². The van der Waals surface area contributed by atoms with Gasteiger partial charge in [0.25, 0.3) is 0 Å². The molecule has 98 valence electrons. The molecule has 1 heterocycles. The molecule has 1 aromatic rings. The summed E-state index contributed by atoms with van der Waals surface area (Å²) < 4.78 is 0. The molecular formula is C13H25N3S. The Kier molecular flexibility index (Phi) is 7.40. The number of thiazole rings is 1. The Labute approximate surface area is 109 Å². The van der Waals surface area contributed by atoms with Gasteiger partial charge in [0.1, 0.15) is 0 Å². The lowest BCUT2D eigenvalue weighted by Crippen LogP contribution is -2.19. The molecule has 1 unspecified atom stereocenters. The first-order valence-corrected chi connectivity index (χ1v) is 7.42. The number of nitrogens with two attached hydrogens (primary N) is 1. The van der Waals surface area contributed by atoms with E-state index in [0.717, 1.165) is 44.1 Å². The van der Waals surface area contributed by atoms with E-state index in [9.17, 15) is 0 Å². The van der Waals surface area contributed by atoms with Crippen LogP contribution in [-0.2, 0) is 6.42 Å². The van der Waals surface area contributed by atoms with Crippen LogP contribution in [0.4, 0.5) is 0 Å². The summed E-state index contributed by atoms with van der Waals surface area (Å²) in [6.45, 7) is 7.30. The van der Waals surface area contributed by atoms with Gasteiger partial charge in [-0.05, 0) is 45.2 Å². The fourth-order valence-electron chi connectivity index (χ4n) is 1.84. The molecule has 0 aliphatic heterocycles. The summed E-state index contributed by atoms with van der Waals surface area (Å²) in [4.78, 5) is 4.45. The van der Waals surface area contributed by atoms with Gasteiger partial charge < -0.3 is 11.1 Å². The lowest BCUT2D eigenvalue weighted by molar-refractivity contribution is 0.469. The molecule has 17 heavy (non-hydrogen) atoms. The van der Waals surface area contributed by atoms with Crippen molar-refractivity contribution in [2.75, 3.05) is 19.6 Å². The zero-order valence-electron chi connectivity index (χ0n) is 11.0. The third kappa shape index (κ3) is 6.76. The molecule has 1 atom stereocenters. The number of rotatable bonds is 9. The summed E-state index contributed by atoms with van der Waals surface area (Å²) in [5.41, 5.74) is 6.67. The van der Waals surface area contributed by atoms with E-state index in [-0.39, 0.29) is 0 Å². The fraction of sp³-hybridized carbons (Fsp3) is 0.769. The molecule has 0 spiro atoms. The Morgan fingerprint density at radius 3 is 2.88 bits per heavy atom. The van der Waals surface area contributed by atoms with Crippen LogP contribution in [0.3, 0.4) is 0 Å². The van der Waals surface area contributed by atoms with Crippen molar-refractivity contribution in [3.8, 4) is 0 Å². The van der Waals surface area contributed by atoms with Crippen molar-refractivity contribution in [1.29, 1.82) is 0 Å². The summed E-state index contributed by atoms with van der Waals surface area (Å²) in [6.07, 6.45) is 4.73. The predicted molar refractivity (Wildman–Crippen MR) is 75.5 cm³/mol. The lowest BCUT2D eigenvalue weighted by atomic mass is 10.0. The highest BCUT2D eigenvalue weighted by molar-refractivity contribution is 7.09. The van der Waals surface area contributed by atoms with Gasteiger partial charge in [0, 0.05) is 24.0 Å². The maximum atomic E-state index is 5.53. The second-order valence-corrected chi connectivity index (χ2v) is 5.65. The van der Waals surface area contributed by atoms with Crippen LogP contribution in [0.25, 0.3) is 0 Å². The predicted octanol–water partition coefficient (Wildman–Crippen LogP) is 2.35. The molecule has 0 aliphatic carbocycles. The summed E-state index contributed by atoms with van der Waals surface area (Å²) in [5, 5.41) is 6.83. The van der Waals surface area contributed by atoms with E-state index in [2.05, 4.69) is 22.6 Å². The number of hydrogen-bond acceptors (Lipinski definition) is 4. The largest absolute Gasteiger partial charge is 0.330 e. The van der Waals surface area contributed by atoms with Crippen LogP contribution in [-0.4, -0.2) is 24.6 Å². The highest BCUT2D eigenvalue weighted by Gasteiger charge is 2.00. The first-order valence-electron chi connectivity index (χ1n) is 6.54. The molecule has 0 radical (unpaired) electrons. The van der Waals surface area contributed by atoms with Crippen molar-refractivity contribution in [2.24, 2.45) is 11.7 Å². The molecule has 0 amide bonds. The summed E-state index contributed by atoms with van der Waals surface area (Å²) in [7, 11) is 0. The molecule has 1 aromatic heterocycles. The lowest BCUT2D eigenvalue weighted by Gasteiger charge is -2.09. The summed E-state index contributed by atoms with van der Waals surface area (Å²) >= 11 is 1.76. The highest BCUT2D eigenvalue weighted by Crippen LogP contribution is 2.09. The molecule has 0 aliphatic rings. The van der Waals surface area contributed by atoms with Gasteiger partial charge in [0.05, 0.1) is 5.01 Å². The Bertz CT molecular complexity index is 299. The number of hydrogen-bond donors (Lipinski definition) is 2. The quantitative estimate of drug-likeness (QED) is 0.666. The SMILES string of the molecule is Cc1csc(CCNCCCC(C)CCN)n1. The molecule has 0 aromatic carbocycles. The van der Waals surface area contributed by atoms with Crippen molar-refractivity contribution in [1.82, 2.24) is 10.3 Å². The van der Waals surface area contributed by atoms with E-state index in [1.54, 1.807) is 11.3 Å². The van der Waals surface area contributed by atoms with Gasteiger partial charge in [0.15, 0.2) is 0 Å². The average molecular weight is 255 g/mol. The molecule has 4 heteroatoms. The van der Waals surface area contributed by atoms with E-state index >= 15 is 0 Å². The van der Waals surface area contributed by atoms with E-state index < -0.39 is 0 Å². The fourth-order valence-corrected chi connectivity index (χ4v) is 2.62. The van der Waals surface area contributed by atoms with Gasteiger partial charge >= 0.3 is 0 Å². The standard InChI is InChI=1S/C13H25N3S/c1-11(5-7-14)4-3-8-15-9-6-13-16-12(2)10-17-13/h10-11,15H,3-9,14H2,1-2H3. The van der Waals surface area contributed by atoms with Crippen LogP contribution in [0.15, 0.2) is 5.38 Å². The number of aromatic nitrogens is 1. The maximum Gasteiger partial charge on any atom is 0.0940 e. The van der Waals surface area contributed by atoms with E-state index in [1.807, 2.05) is 6.92 Å². The van der Waals surface area contributed by atoms with Crippen LogP contribution in [0, 0.1) is 12.8 Å². The minimum Gasteiger partial charge on any atom is -0.330 e. The van der Waals surface area contributed by atoms with Crippen LogP contribution >= 0.6 is 11.3 Å². The van der Waals surface area contributed by atoms with Crippen molar-refractivity contribution in [3.63, 3.8) is 0 Å². The number of nitrogens with one attached hydrogen (secondary N) is 1. The first-order chi connectivity index (χ1) is 8.22. The molecule has 1 rings (SSSR count). The smallest absolute Gasteiger partial charge is 0.0940 e. The molecular weight excluding hydrogens is 230 g/mol. The molecule has 0 saturated heterocycles. The Morgan fingerprint density at radius 1 is 1.41 bits per heavy atom. The van der Waals surface area contributed by atoms with Gasteiger partial charge in [0.2, 0.25) is 0 Å². The van der Waals surface area contributed by atoms with Gasteiger partial charge in [-0.25, -0.2) is 4.98 Å². The third-order valence-electron chi connectivity index (χ3n) is 2.89. The minimum absolute atomic E-state index is 0.767. The van der Waals surface area contributed by atoms with Crippen LogP contribution in [0.2, 0.25) is 0 Å². The number of aryl methyl sites for hydroxylation is 1. The second kappa shape index (κ2) is 8.61. The average Bonchev–Trinajstić information content (AvgIpc) is 2.70. The topological polar surface area (TPSA) is 50.9 Å². The monoisotopic (exact) mass is 255 g/mol. The Morgan fingerprint density at radius 2 is 2.24 bits per heavy atom. The van der Waals surface area contributed by atoms with Gasteiger partial charge in [-0.2, -0.15) is 0 Å². The highest BCUT2D eigenvalue weighted by atomic mass is 32.1. The van der Waals surface area contributed by atoms with Gasteiger partial charge in [-0.15, -0.1) is 11.3 Å². The molecule has 0 bridgehead atoms. The Hall–Kier alpha value is -0.450. The molecule has 3 nitrogen and oxygen atoms in total. The Balaban J connectivity index is 1.94. The van der Waals surface area contributed by atoms with Crippen LogP contribution in [0.1, 0.15) is 36.9 Å². The zero-order chi connectivity index (χ0) is 12.5. The van der Waals surface area contributed by atoms with Gasteiger partial charge in [-0.3, -0.25) is 0 Å². The summed E-state index contributed by atoms with van der Waals surface area (Å²) in [5.74, 6) is 0.767. The van der Waals surface area contributed by atoms with Crippen LogP contribution in [0.5, 0.6) is 0 Å². The first kappa shape index (κ1) is 14.6. The minimum atomic E-state index is 0.767. The molecule has 3 N–H and O–H groups in total. The molecule has 0 fully saturated rings. The van der Waals surface area contributed by atoms with Crippen molar-refractivity contribution < 1.29 is 0 Å². The van der Waals surface area contributed by atoms with Crippen molar-refractivity contribution in [3.05, 3.63) is 16.1 Å². The number of nitrogens with zero attached hydrogens (tertiary/aromatic N) is 1. The van der Waals surface area contributed by atoms with Gasteiger partial charge in [-0.1, -0.05) is 6.92 Å². The second-order valence-electron chi connectivity index (χ2n) is 4.71. The van der Waals surface area contributed by atoms with Crippen molar-refractivity contribution in [2.45, 2.75) is 39.5 Å². The van der Waals surface area contributed by atoms with Crippen LogP contribution < -0.4 is 11.1 Å². The zero-order valence-corrected chi connectivity index (χ0v) is 11.9. The van der Waals surface area contributed by atoms with E-state index in [1.165, 1.54) is 17.8 Å².